The van der Waals surface area contributed by atoms with E-state index >= 15 is 0 Å². The molecule has 0 N–H and O–H groups in total. The molecule has 0 radical (unpaired) electrons. The minimum Gasteiger partial charge on any atom is -0.335 e. The lowest BCUT2D eigenvalue weighted by molar-refractivity contribution is 0.606. The average molecular weight is 290 g/mol. The Morgan fingerprint density at radius 1 is 0.857 bits per heavy atom. The van der Waals surface area contributed by atoms with Crippen molar-refractivity contribution in [3.05, 3.63) is 36.4 Å². The van der Waals surface area contributed by atoms with E-state index in [1.165, 1.54) is 31.5 Å². The standard InChI is InChI=1S/C9H16N2.C8H14N2/c1-3-5-7-11-8-6-10-9(11)4-2;1-3-4-6-10-7-5-9-8(10)2/h6,8H,3-5,7H2,1-2H3;5,7H,3-4,6H2,1-2H3. The van der Waals surface area contributed by atoms with Crippen molar-refractivity contribution in [3.63, 3.8) is 0 Å². The van der Waals surface area contributed by atoms with Crippen LogP contribution in [0.5, 0.6) is 0 Å². The minimum atomic E-state index is 1.04. The Hall–Kier alpha value is -1.58. The fourth-order valence-electron chi connectivity index (χ4n) is 2.15. The van der Waals surface area contributed by atoms with Crippen molar-refractivity contribution in [1.29, 1.82) is 0 Å². The molecule has 2 aromatic rings. The zero-order valence-corrected chi connectivity index (χ0v) is 14.0. The summed E-state index contributed by atoms with van der Waals surface area (Å²) >= 11 is 0. The second kappa shape index (κ2) is 10.2. The van der Waals surface area contributed by atoms with Crippen molar-refractivity contribution in [1.82, 2.24) is 19.1 Å². The van der Waals surface area contributed by atoms with Crippen LogP contribution in [0.4, 0.5) is 0 Å². The fourth-order valence-corrected chi connectivity index (χ4v) is 2.15. The van der Waals surface area contributed by atoms with Gasteiger partial charge in [-0.05, 0) is 19.8 Å². The van der Waals surface area contributed by atoms with E-state index in [2.05, 4.69) is 46.1 Å². The number of nitrogens with zero attached hydrogens (tertiary/aromatic N) is 4. The predicted molar refractivity (Wildman–Crippen MR) is 88.4 cm³/mol. The predicted octanol–water partition coefficient (Wildman–Crippen LogP) is 4.24. The molecule has 0 aliphatic heterocycles. The molecule has 21 heavy (non-hydrogen) atoms. The number of imidazole rings is 2. The van der Waals surface area contributed by atoms with Crippen LogP contribution >= 0.6 is 0 Å². The van der Waals surface area contributed by atoms with Crippen LogP contribution in [-0.2, 0) is 19.5 Å². The smallest absolute Gasteiger partial charge is 0.108 e. The SMILES string of the molecule is CCCCn1ccnc1C.CCCCn1ccnc1CC. The summed E-state index contributed by atoms with van der Waals surface area (Å²) in [5.41, 5.74) is 0. The van der Waals surface area contributed by atoms with Crippen molar-refractivity contribution in [2.75, 3.05) is 0 Å². The van der Waals surface area contributed by atoms with Crippen LogP contribution in [0.15, 0.2) is 24.8 Å². The molecule has 4 nitrogen and oxygen atoms in total. The third-order valence-electron chi connectivity index (χ3n) is 3.55. The Morgan fingerprint density at radius 3 is 1.95 bits per heavy atom. The highest BCUT2D eigenvalue weighted by Gasteiger charge is 1.97. The van der Waals surface area contributed by atoms with Gasteiger partial charge in [-0.1, -0.05) is 33.6 Å². The first-order chi connectivity index (χ1) is 10.2. The molecule has 118 valence electrons. The highest BCUT2D eigenvalue weighted by molar-refractivity contribution is 4.91. The van der Waals surface area contributed by atoms with E-state index in [0.29, 0.717) is 0 Å². The second-order valence-corrected chi connectivity index (χ2v) is 5.27. The van der Waals surface area contributed by atoms with Crippen molar-refractivity contribution in [2.24, 2.45) is 0 Å². The monoisotopic (exact) mass is 290 g/mol. The molecule has 0 aromatic carbocycles. The lowest BCUT2D eigenvalue weighted by atomic mass is 10.3. The molecule has 2 rings (SSSR count). The van der Waals surface area contributed by atoms with Crippen LogP contribution in [0.3, 0.4) is 0 Å². The van der Waals surface area contributed by atoms with Crippen molar-refractivity contribution in [2.45, 2.75) is 72.9 Å². The number of unbranched alkanes of at least 4 members (excludes halogenated alkanes) is 2. The van der Waals surface area contributed by atoms with Gasteiger partial charge in [0, 0.05) is 44.3 Å². The quantitative estimate of drug-likeness (QED) is 0.764. The number of hydrogen-bond acceptors (Lipinski definition) is 2. The number of rotatable bonds is 7. The summed E-state index contributed by atoms with van der Waals surface area (Å²) in [6, 6.07) is 0. The first-order valence-corrected chi connectivity index (χ1v) is 8.20. The van der Waals surface area contributed by atoms with E-state index in [0.717, 1.165) is 25.3 Å². The number of aromatic nitrogens is 4. The Kier molecular flexibility index (Phi) is 8.48. The van der Waals surface area contributed by atoms with Gasteiger partial charge >= 0.3 is 0 Å². The first kappa shape index (κ1) is 17.5. The average Bonchev–Trinajstić information content (AvgIpc) is 3.12. The van der Waals surface area contributed by atoms with E-state index in [1.807, 2.05) is 25.5 Å². The minimum absolute atomic E-state index is 1.04. The summed E-state index contributed by atoms with van der Waals surface area (Å²) < 4.78 is 4.42. The third-order valence-corrected chi connectivity index (χ3v) is 3.55. The molecule has 0 aliphatic rings. The molecule has 0 unspecified atom stereocenters. The number of hydrogen-bond donors (Lipinski definition) is 0. The Balaban J connectivity index is 0.000000211. The van der Waals surface area contributed by atoms with Crippen molar-refractivity contribution in [3.8, 4) is 0 Å². The van der Waals surface area contributed by atoms with Gasteiger partial charge in [0.05, 0.1) is 0 Å². The molecule has 0 amide bonds. The highest BCUT2D eigenvalue weighted by atomic mass is 15.1. The lowest BCUT2D eigenvalue weighted by Crippen LogP contribution is -2.01. The van der Waals surface area contributed by atoms with Gasteiger partial charge < -0.3 is 9.13 Å². The van der Waals surface area contributed by atoms with Crippen LogP contribution in [0, 0.1) is 6.92 Å². The summed E-state index contributed by atoms with van der Waals surface area (Å²) in [5.74, 6) is 2.33. The van der Waals surface area contributed by atoms with Crippen LogP contribution < -0.4 is 0 Å². The molecule has 0 fully saturated rings. The molecule has 2 heterocycles. The molecule has 0 spiro atoms. The van der Waals surface area contributed by atoms with Crippen LogP contribution in [0.1, 0.15) is 58.1 Å². The van der Waals surface area contributed by atoms with Gasteiger partial charge in [0.15, 0.2) is 0 Å². The van der Waals surface area contributed by atoms with E-state index in [-0.39, 0.29) is 0 Å². The Bertz CT molecular complexity index is 484. The molecule has 0 atom stereocenters. The second-order valence-electron chi connectivity index (χ2n) is 5.27. The highest BCUT2D eigenvalue weighted by Crippen LogP contribution is 2.01. The fraction of sp³-hybridized carbons (Fsp3) is 0.647. The summed E-state index contributed by atoms with van der Waals surface area (Å²) in [5, 5.41) is 0. The molecule has 0 saturated carbocycles. The molecule has 0 bridgehead atoms. The molecule has 4 heteroatoms. The molecule has 0 aliphatic carbocycles. The van der Waals surface area contributed by atoms with Gasteiger partial charge in [0.25, 0.3) is 0 Å². The molecular weight excluding hydrogens is 260 g/mol. The topological polar surface area (TPSA) is 35.6 Å². The maximum Gasteiger partial charge on any atom is 0.108 e. The van der Waals surface area contributed by atoms with Gasteiger partial charge in [0.1, 0.15) is 11.6 Å². The molecular formula is C17H30N4. The molecule has 0 saturated heterocycles. The van der Waals surface area contributed by atoms with Gasteiger partial charge in [0.2, 0.25) is 0 Å². The maximum atomic E-state index is 4.25. The third kappa shape index (κ3) is 6.15. The number of aryl methyl sites for hydroxylation is 4. The van der Waals surface area contributed by atoms with Crippen molar-refractivity contribution < 1.29 is 0 Å². The summed E-state index contributed by atoms with van der Waals surface area (Å²) in [4.78, 5) is 8.38. The first-order valence-electron chi connectivity index (χ1n) is 8.20. The van der Waals surface area contributed by atoms with Gasteiger partial charge in [-0.15, -0.1) is 0 Å². The Labute approximate surface area is 129 Å². The normalized spacial score (nSPS) is 10.3. The summed E-state index contributed by atoms with van der Waals surface area (Å²) in [6.45, 7) is 10.8. The van der Waals surface area contributed by atoms with Gasteiger partial charge in [-0.2, -0.15) is 0 Å². The van der Waals surface area contributed by atoms with Crippen LogP contribution in [0.2, 0.25) is 0 Å². The largest absolute Gasteiger partial charge is 0.335 e. The van der Waals surface area contributed by atoms with Crippen molar-refractivity contribution >= 4 is 0 Å². The van der Waals surface area contributed by atoms with E-state index in [1.54, 1.807) is 0 Å². The zero-order chi connectivity index (χ0) is 15.5. The van der Waals surface area contributed by atoms with E-state index < -0.39 is 0 Å². The van der Waals surface area contributed by atoms with Crippen LogP contribution in [0.25, 0.3) is 0 Å². The Morgan fingerprint density at radius 2 is 1.43 bits per heavy atom. The maximum absolute atomic E-state index is 4.25. The van der Waals surface area contributed by atoms with E-state index in [4.69, 9.17) is 0 Å². The lowest BCUT2D eigenvalue weighted by Gasteiger charge is -2.03. The summed E-state index contributed by atoms with van der Waals surface area (Å²) in [6.07, 6.45) is 13.9. The summed E-state index contributed by atoms with van der Waals surface area (Å²) in [7, 11) is 0. The molecule has 2 aromatic heterocycles. The van der Waals surface area contributed by atoms with Crippen LogP contribution in [-0.4, -0.2) is 19.1 Å². The zero-order valence-electron chi connectivity index (χ0n) is 14.0. The van der Waals surface area contributed by atoms with Gasteiger partial charge in [-0.3, -0.25) is 0 Å². The van der Waals surface area contributed by atoms with Gasteiger partial charge in [-0.25, -0.2) is 9.97 Å². The van der Waals surface area contributed by atoms with E-state index in [9.17, 15) is 0 Å².